The third-order valence-corrected chi connectivity index (χ3v) is 9.39. The van der Waals surface area contributed by atoms with Crippen LogP contribution in [0.3, 0.4) is 0 Å². The Morgan fingerprint density at radius 3 is 0.957 bits per heavy atom. The lowest BCUT2D eigenvalue weighted by molar-refractivity contribution is -0.126. The van der Waals surface area contributed by atoms with E-state index in [1.165, 1.54) is 166 Å². The molecular weight excluding hydrogens is 568 g/mol. The van der Waals surface area contributed by atoms with Gasteiger partial charge in [-0.15, -0.1) is 0 Å². The van der Waals surface area contributed by atoms with E-state index in [4.69, 9.17) is 5.73 Å². The van der Waals surface area contributed by atoms with Gasteiger partial charge in [-0.05, 0) is 51.9 Å². The third kappa shape index (κ3) is 30.0. The van der Waals surface area contributed by atoms with E-state index in [1.54, 1.807) is 0 Å². The van der Waals surface area contributed by atoms with Crippen LogP contribution in [0.25, 0.3) is 0 Å². The number of carbonyl (C=O) groups excluding carboxylic acids is 2. The summed E-state index contributed by atoms with van der Waals surface area (Å²) in [5, 5.41) is 0. The van der Waals surface area contributed by atoms with Crippen LogP contribution < -0.4 is 5.73 Å². The second kappa shape index (κ2) is 34.9. The van der Waals surface area contributed by atoms with Gasteiger partial charge >= 0.3 is 0 Å². The monoisotopic (exact) mass is 649 g/mol. The van der Waals surface area contributed by atoms with Crippen LogP contribution in [0, 0.1) is 0 Å². The van der Waals surface area contributed by atoms with E-state index in [-0.39, 0.29) is 5.91 Å². The number of nitrogens with zero attached hydrogens (tertiary/aromatic N) is 3. The Hall–Kier alpha value is -1.40. The smallest absolute Gasteiger partial charge is 0.246 e. The van der Waals surface area contributed by atoms with Crippen LogP contribution in [0.2, 0.25) is 0 Å². The predicted octanol–water partition coefficient (Wildman–Crippen LogP) is 9.90. The van der Waals surface area contributed by atoms with Crippen molar-refractivity contribution in [2.45, 2.75) is 182 Å². The molecule has 0 saturated heterocycles. The molecule has 272 valence electrons. The van der Waals surface area contributed by atoms with Gasteiger partial charge in [-0.25, -0.2) is 0 Å². The topological polar surface area (TPSA) is 69.9 Å². The van der Waals surface area contributed by atoms with Gasteiger partial charge < -0.3 is 20.4 Å². The van der Waals surface area contributed by atoms with E-state index < -0.39 is 5.91 Å². The molecule has 0 aromatic heterocycles. The zero-order valence-electron chi connectivity index (χ0n) is 31.5. The van der Waals surface area contributed by atoms with Crippen molar-refractivity contribution in [1.29, 1.82) is 0 Å². The minimum absolute atomic E-state index is 0.0861. The van der Waals surface area contributed by atoms with Gasteiger partial charge in [0.05, 0.1) is 0 Å². The first-order valence-electron chi connectivity index (χ1n) is 20.2. The Balaban J connectivity index is 5.27. The molecule has 0 aromatic carbocycles. The quantitative estimate of drug-likeness (QED) is 0.0542. The van der Waals surface area contributed by atoms with Crippen molar-refractivity contribution < 1.29 is 9.59 Å². The number of unbranched alkanes of at least 4 members (excludes halogenated alkanes) is 20. The van der Waals surface area contributed by atoms with Crippen LogP contribution >= 0.6 is 0 Å². The molecule has 0 aromatic rings. The molecule has 6 heteroatoms. The first kappa shape index (κ1) is 44.6. The van der Waals surface area contributed by atoms with Crippen molar-refractivity contribution >= 4 is 11.8 Å². The second-order valence-electron chi connectivity index (χ2n) is 13.8. The highest BCUT2D eigenvalue weighted by Crippen LogP contribution is 2.12. The number of rotatable bonds is 36. The van der Waals surface area contributed by atoms with Crippen molar-refractivity contribution in [3.05, 3.63) is 12.2 Å². The van der Waals surface area contributed by atoms with Crippen LogP contribution in [0.5, 0.6) is 0 Å². The van der Waals surface area contributed by atoms with Crippen LogP contribution in [-0.4, -0.2) is 78.9 Å². The van der Waals surface area contributed by atoms with Gasteiger partial charge in [0.2, 0.25) is 11.8 Å². The number of hydrogen-bond donors (Lipinski definition) is 1. The maximum Gasteiger partial charge on any atom is 0.246 e. The van der Waals surface area contributed by atoms with Crippen molar-refractivity contribution in [2.75, 3.05) is 52.4 Å². The Kier molecular flexibility index (Phi) is 33.9. The molecule has 0 fully saturated rings. The average molecular weight is 649 g/mol. The maximum absolute atomic E-state index is 13.3. The summed E-state index contributed by atoms with van der Waals surface area (Å²) in [6.07, 6.45) is 33.9. The largest absolute Gasteiger partial charge is 0.366 e. The van der Waals surface area contributed by atoms with Gasteiger partial charge in [-0.3, -0.25) is 9.59 Å². The molecular formula is C40H80N4O2. The zero-order valence-corrected chi connectivity index (χ0v) is 31.5. The van der Waals surface area contributed by atoms with Crippen LogP contribution in [0.15, 0.2) is 12.2 Å². The molecule has 2 N–H and O–H groups in total. The lowest BCUT2D eigenvalue weighted by atomic mass is 10.1. The summed E-state index contributed by atoms with van der Waals surface area (Å²) in [5.74, 6) is -0.647. The Bertz CT molecular complexity index is 627. The molecule has 46 heavy (non-hydrogen) atoms. The van der Waals surface area contributed by atoms with Gasteiger partial charge in [0.15, 0.2) is 0 Å². The summed E-state index contributed by atoms with van der Waals surface area (Å²) in [7, 11) is 0. The Morgan fingerprint density at radius 2 is 0.674 bits per heavy atom. The van der Waals surface area contributed by atoms with E-state index in [9.17, 15) is 9.59 Å². The van der Waals surface area contributed by atoms with Crippen LogP contribution in [0.4, 0.5) is 0 Å². The highest BCUT2D eigenvalue weighted by molar-refractivity contribution is 5.96. The van der Waals surface area contributed by atoms with Crippen molar-refractivity contribution in [3.63, 3.8) is 0 Å². The summed E-state index contributed by atoms with van der Waals surface area (Å²) >= 11 is 0. The summed E-state index contributed by atoms with van der Waals surface area (Å²) in [6, 6.07) is 0. The SMILES string of the molecule is CCCCCCCCN(CCCCCCCC)CCN(CCN(CCCCCCCC)CCCCCCCC)C(=O)/C=C/C(N)=O. The molecule has 0 aliphatic heterocycles. The van der Waals surface area contributed by atoms with Gasteiger partial charge in [-0.2, -0.15) is 0 Å². The molecule has 6 nitrogen and oxygen atoms in total. The van der Waals surface area contributed by atoms with Crippen molar-refractivity contribution in [2.24, 2.45) is 5.73 Å². The summed E-state index contributed by atoms with van der Waals surface area (Å²) < 4.78 is 0. The lowest BCUT2D eigenvalue weighted by Gasteiger charge is -2.30. The van der Waals surface area contributed by atoms with Gasteiger partial charge in [0, 0.05) is 38.3 Å². The highest BCUT2D eigenvalue weighted by Gasteiger charge is 2.16. The van der Waals surface area contributed by atoms with Gasteiger partial charge in [0.1, 0.15) is 0 Å². The average Bonchev–Trinajstić information content (AvgIpc) is 3.05. The second-order valence-corrected chi connectivity index (χ2v) is 13.8. The molecule has 0 spiro atoms. The Labute approximate surface area is 287 Å². The predicted molar refractivity (Wildman–Crippen MR) is 201 cm³/mol. The third-order valence-electron chi connectivity index (χ3n) is 9.39. The highest BCUT2D eigenvalue weighted by atomic mass is 16.2. The molecule has 0 atom stereocenters. The normalized spacial score (nSPS) is 11.8. The number of carbonyl (C=O) groups is 2. The van der Waals surface area contributed by atoms with Gasteiger partial charge in [-0.1, -0.05) is 156 Å². The molecule has 0 aliphatic carbocycles. The number of primary amides is 1. The first-order chi connectivity index (χ1) is 22.5. The van der Waals surface area contributed by atoms with E-state index in [0.717, 1.165) is 39.3 Å². The van der Waals surface area contributed by atoms with Gasteiger partial charge in [0.25, 0.3) is 0 Å². The number of hydrogen-bond acceptors (Lipinski definition) is 4. The zero-order chi connectivity index (χ0) is 33.9. The Morgan fingerprint density at radius 1 is 0.391 bits per heavy atom. The molecule has 0 saturated carbocycles. The fourth-order valence-corrected chi connectivity index (χ4v) is 6.25. The molecule has 0 radical (unpaired) electrons. The number of amides is 2. The first-order valence-corrected chi connectivity index (χ1v) is 20.2. The fraction of sp³-hybridized carbons (Fsp3) is 0.900. The molecule has 2 amide bonds. The maximum atomic E-state index is 13.3. The van der Waals surface area contributed by atoms with E-state index in [2.05, 4.69) is 37.5 Å². The van der Waals surface area contributed by atoms with E-state index >= 15 is 0 Å². The minimum atomic E-state index is -0.561. The minimum Gasteiger partial charge on any atom is -0.366 e. The summed E-state index contributed by atoms with van der Waals surface area (Å²) in [6.45, 7) is 16.8. The molecule has 0 aliphatic rings. The van der Waals surface area contributed by atoms with E-state index in [1.807, 2.05) is 4.90 Å². The summed E-state index contributed by atoms with van der Waals surface area (Å²) in [4.78, 5) is 31.9. The molecule has 0 heterocycles. The number of nitrogens with two attached hydrogens (primary N) is 1. The summed E-state index contributed by atoms with van der Waals surface area (Å²) in [5.41, 5.74) is 5.37. The lowest BCUT2D eigenvalue weighted by Crippen LogP contribution is -2.43. The standard InChI is InChI=1S/C40H80N4O2/c1-5-9-13-17-21-25-31-42(32-26-22-18-14-10-6-2)35-37-44(40(46)30-29-39(41)45)38-36-43(33-27-23-19-15-11-7-3)34-28-24-20-16-12-8-4/h29-30H,5-28,31-38H2,1-4H3,(H2,41,45)/b30-29+. The van der Waals surface area contributed by atoms with E-state index in [0.29, 0.717) is 13.1 Å². The molecule has 0 rings (SSSR count). The van der Waals surface area contributed by atoms with Crippen LogP contribution in [-0.2, 0) is 9.59 Å². The fourth-order valence-electron chi connectivity index (χ4n) is 6.25. The van der Waals surface area contributed by atoms with Crippen molar-refractivity contribution in [3.8, 4) is 0 Å². The molecule has 0 bridgehead atoms. The van der Waals surface area contributed by atoms with Crippen molar-refractivity contribution in [1.82, 2.24) is 14.7 Å². The van der Waals surface area contributed by atoms with Crippen LogP contribution in [0.1, 0.15) is 182 Å². The molecule has 0 unspecified atom stereocenters.